The van der Waals surface area contributed by atoms with E-state index in [9.17, 15) is 14.7 Å². The van der Waals surface area contributed by atoms with Crippen LogP contribution in [-0.4, -0.2) is 53.5 Å². The molecule has 6 heteroatoms. The lowest BCUT2D eigenvalue weighted by Gasteiger charge is -2.60. The van der Waals surface area contributed by atoms with Crippen LogP contribution in [-0.2, 0) is 23.8 Å². The summed E-state index contributed by atoms with van der Waals surface area (Å²) in [6, 6.07) is 0. The maximum atomic E-state index is 13.5. The Balaban J connectivity index is 1.60. The van der Waals surface area contributed by atoms with Gasteiger partial charge in [0.1, 0.15) is 6.61 Å². The van der Waals surface area contributed by atoms with Crippen LogP contribution in [0.15, 0.2) is 23.8 Å². The van der Waals surface area contributed by atoms with Gasteiger partial charge in [-0.1, -0.05) is 38.8 Å². The number of fused-ring (bicyclic) bond motifs is 7. The number of allylic oxidation sites excluding steroid dienone is 4. The Labute approximate surface area is 203 Å². The number of ketones is 2. The van der Waals surface area contributed by atoms with Crippen molar-refractivity contribution < 1.29 is 28.9 Å². The van der Waals surface area contributed by atoms with Crippen LogP contribution >= 0.6 is 0 Å². The molecule has 1 N–H and O–H groups in total. The van der Waals surface area contributed by atoms with Gasteiger partial charge in [-0.25, -0.2) is 0 Å². The first-order valence-electron chi connectivity index (χ1n) is 13.2. The molecule has 188 valence electrons. The molecule has 0 spiro atoms. The van der Waals surface area contributed by atoms with E-state index < -0.39 is 23.9 Å². The zero-order chi connectivity index (χ0) is 24.5. The van der Waals surface area contributed by atoms with E-state index in [4.69, 9.17) is 14.2 Å². The van der Waals surface area contributed by atoms with Gasteiger partial charge in [0.05, 0.1) is 18.3 Å². The normalized spacial score (nSPS) is 47.1. The van der Waals surface area contributed by atoms with E-state index >= 15 is 0 Å². The number of aliphatic hydroxyl groups is 1. The van der Waals surface area contributed by atoms with Gasteiger partial charge < -0.3 is 19.3 Å². The van der Waals surface area contributed by atoms with Crippen molar-refractivity contribution >= 4 is 11.6 Å². The molecular formula is C28H40O6. The predicted octanol–water partition coefficient (Wildman–Crippen LogP) is 4.15. The standard InChI is InChI=1S/C28H40O6/c1-6-7-24-33-23-13-20-19-9-8-17-12-18(30)10-11-26(17,4)25(19)21(32-16(2)3)14-27(20,5)28(23,34-24)22(31)15-29/h10-12,16,19-21,23-25,29H,6-9,13-15H2,1-5H3/t19-,20-,21-,23+,24?,25+,26-,27-,28+/m0/s1. The van der Waals surface area contributed by atoms with Gasteiger partial charge >= 0.3 is 0 Å². The minimum atomic E-state index is -1.13. The van der Waals surface area contributed by atoms with Crippen LogP contribution in [0.3, 0.4) is 0 Å². The summed E-state index contributed by atoms with van der Waals surface area (Å²) in [5.74, 6) is 0.558. The molecule has 1 aliphatic heterocycles. The van der Waals surface area contributed by atoms with Crippen LogP contribution in [0.5, 0.6) is 0 Å². The highest BCUT2D eigenvalue weighted by atomic mass is 16.7. The molecule has 0 aromatic carbocycles. The summed E-state index contributed by atoms with van der Waals surface area (Å²) in [6.45, 7) is 10.1. The Morgan fingerprint density at radius 3 is 2.76 bits per heavy atom. The molecule has 1 unspecified atom stereocenters. The largest absolute Gasteiger partial charge is 0.388 e. The number of Topliss-reactive ketones (excluding diaryl/α,β-unsaturated/α-hetero) is 1. The lowest BCUT2D eigenvalue weighted by Crippen LogP contribution is -2.64. The molecule has 0 aromatic heterocycles. The molecule has 0 amide bonds. The third-order valence-corrected chi connectivity index (χ3v) is 9.80. The zero-order valence-electron chi connectivity index (χ0n) is 21.2. The molecule has 6 nitrogen and oxygen atoms in total. The lowest BCUT2D eigenvalue weighted by molar-refractivity contribution is -0.211. The first-order chi connectivity index (χ1) is 16.1. The van der Waals surface area contributed by atoms with Crippen molar-refractivity contribution in [2.24, 2.45) is 28.6 Å². The van der Waals surface area contributed by atoms with Gasteiger partial charge in [-0.2, -0.15) is 0 Å². The molecule has 1 heterocycles. The Bertz CT molecular complexity index is 922. The molecule has 5 rings (SSSR count). The summed E-state index contributed by atoms with van der Waals surface area (Å²) in [4.78, 5) is 25.7. The van der Waals surface area contributed by atoms with E-state index in [0.29, 0.717) is 12.3 Å². The van der Waals surface area contributed by atoms with Crippen molar-refractivity contribution in [3.8, 4) is 0 Å². The van der Waals surface area contributed by atoms with Crippen molar-refractivity contribution in [2.45, 2.75) is 103 Å². The smallest absolute Gasteiger partial charge is 0.193 e. The summed E-state index contributed by atoms with van der Waals surface area (Å²) in [5.41, 5.74) is -0.662. The Morgan fingerprint density at radius 1 is 1.32 bits per heavy atom. The highest BCUT2D eigenvalue weighted by Gasteiger charge is 2.75. The van der Waals surface area contributed by atoms with E-state index in [1.54, 1.807) is 6.08 Å². The molecule has 0 bridgehead atoms. The monoisotopic (exact) mass is 472 g/mol. The average molecular weight is 473 g/mol. The quantitative estimate of drug-likeness (QED) is 0.625. The summed E-state index contributed by atoms with van der Waals surface area (Å²) >= 11 is 0. The third kappa shape index (κ3) is 3.21. The van der Waals surface area contributed by atoms with Gasteiger partial charge in [-0.3, -0.25) is 9.59 Å². The number of ether oxygens (including phenoxy) is 3. The highest BCUT2D eigenvalue weighted by molar-refractivity contribution is 6.01. The molecular weight excluding hydrogens is 432 g/mol. The third-order valence-electron chi connectivity index (χ3n) is 9.80. The van der Waals surface area contributed by atoms with Gasteiger partial charge in [0, 0.05) is 16.7 Å². The van der Waals surface area contributed by atoms with Crippen molar-refractivity contribution in [1.29, 1.82) is 0 Å². The van der Waals surface area contributed by atoms with Crippen LogP contribution in [0.4, 0.5) is 0 Å². The van der Waals surface area contributed by atoms with E-state index in [0.717, 1.165) is 32.1 Å². The van der Waals surface area contributed by atoms with E-state index in [1.165, 1.54) is 5.57 Å². The highest BCUT2D eigenvalue weighted by Crippen LogP contribution is 2.70. The van der Waals surface area contributed by atoms with Gasteiger partial charge in [0.2, 0.25) is 0 Å². The number of hydrogen-bond donors (Lipinski definition) is 1. The van der Waals surface area contributed by atoms with Crippen LogP contribution in [0, 0.1) is 28.6 Å². The Hall–Kier alpha value is -1.34. The molecule has 9 atom stereocenters. The minimum Gasteiger partial charge on any atom is -0.388 e. The number of carbonyl (C=O) groups excluding carboxylic acids is 2. The van der Waals surface area contributed by atoms with E-state index in [1.807, 2.05) is 6.08 Å². The van der Waals surface area contributed by atoms with Crippen molar-refractivity contribution in [1.82, 2.24) is 0 Å². The summed E-state index contributed by atoms with van der Waals surface area (Å²) in [7, 11) is 0. The molecule has 4 fully saturated rings. The maximum Gasteiger partial charge on any atom is 0.193 e. The second kappa shape index (κ2) is 8.36. The average Bonchev–Trinajstić information content (AvgIpc) is 3.25. The zero-order valence-corrected chi connectivity index (χ0v) is 21.2. The first-order valence-corrected chi connectivity index (χ1v) is 13.2. The SMILES string of the molecule is CCCC1O[C@@H]2C[C@H]3[C@@H]4CCC5=CC(=O)C=C[C@]5(C)[C@H]4[C@@H](OC(C)C)C[C@]3(C)[C@]2(C(=O)CO)O1. The van der Waals surface area contributed by atoms with Gasteiger partial charge in [-0.15, -0.1) is 0 Å². The maximum absolute atomic E-state index is 13.5. The van der Waals surface area contributed by atoms with Crippen LogP contribution in [0.25, 0.3) is 0 Å². The fraction of sp³-hybridized carbons (Fsp3) is 0.786. The van der Waals surface area contributed by atoms with E-state index in [2.05, 4.69) is 40.7 Å². The number of carbonyl (C=O) groups is 2. The molecule has 0 aromatic rings. The van der Waals surface area contributed by atoms with Gasteiger partial charge in [0.15, 0.2) is 23.5 Å². The van der Waals surface area contributed by atoms with Crippen molar-refractivity contribution in [2.75, 3.05) is 6.61 Å². The number of rotatable bonds is 6. The second-order valence-corrected chi connectivity index (χ2v) is 11.9. The van der Waals surface area contributed by atoms with Gasteiger partial charge in [0.25, 0.3) is 0 Å². The molecule has 1 saturated heterocycles. The summed E-state index contributed by atoms with van der Waals surface area (Å²) < 4.78 is 19.6. The summed E-state index contributed by atoms with van der Waals surface area (Å²) in [5, 5.41) is 10.1. The number of aliphatic hydroxyl groups excluding tert-OH is 1. The second-order valence-electron chi connectivity index (χ2n) is 11.9. The number of hydrogen-bond acceptors (Lipinski definition) is 6. The van der Waals surface area contributed by atoms with Crippen molar-refractivity contribution in [3.63, 3.8) is 0 Å². The van der Waals surface area contributed by atoms with E-state index in [-0.39, 0.29) is 47.1 Å². The fourth-order valence-corrected chi connectivity index (χ4v) is 8.57. The molecule has 5 aliphatic rings. The first kappa shape index (κ1) is 24.4. The Morgan fingerprint density at radius 2 is 2.09 bits per heavy atom. The van der Waals surface area contributed by atoms with Crippen LogP contribution in [0.2, 0.25) is 0 Å². The Kier molecular flexibility index (Phi) is 5.99. The predicted molar refractivity (Wildman–Crippen MR) is 127 cm³/mol. The topological polar surface area (TPSA) is 82.1 Å². The molecule has 0 radical (unpaired) electrons. The fourth-order valence-electron chi connectivity index (χ4n) is 8.57. The molecule has 4 aliphatic carbocycles. The van der Waals surface area contributed by atoms with Gasteiger partial charge in [-0.05, 0) is 69.9 Å². The molecule has 34 heavy (non-hydrogen) atoms. The van der Waals surface area contributed by atoms with Crippen LogP contribution < -0.4 is 0 Å². The lowest BCUT2D eigenvalue weighted by atomic mass is 9.46. The van der Waals surface area contributed by atoms with Crippen LogP contribution in [0.1, 0.15) is 73.1 Å². The minimum absolute atomic E-state index is 0.0354. The molecule has 3 saturated carbocycles. The summed E-state index contributed by atoms with van der Waals surface area (Å²) in [6.07, 6.45) is 9.76. The van der Waals surface area contributed by atoms with Crippen molar-refractivity contribution in [3.05, 3.63) is 23.8 Å².